The molecule has 148 valence electrons. The van der Waals surface area contributed by atoms with Gasteiger partial charge in [0, 0.05) is 29.6 Å². The molecular weight excluding hydrogens is 375 g/mol. The van der Waals surface area contributed by atoms with E-state index >= 15 is 0 Å². The maximum Gasteiger partial charge on any atom is 0.430 e. The number of alkyl halides is 3. The second kappa shape index (κ2) is 6.20. The van der Waals surface area contributed by atoms with E-state index in [1.165, 1.54) is 12.3 Å². The van der Waals surface area contributed by atoms with Crippen LogP contribution in [0.4, 0.5) is 23.8 Å². The number of cyclic esters (lactones) is 1. The van der Waals surface area contributed by atoms with Crippen LogP contribution in [0.25, 0.3) is 11.3 Å². The van der Waals surface area contributed by atoms with E-state index in [1.54, 1.807) is 0 Å². The summed E-state index contributed by atoms with van der Waals surface area (Å²) in [5.74, 6) is -0.125. The van der Waals surface area contributed by atoms with Crippen LogP contribution >= 0.6 is 0 Å². The highest BCUT2D eigenvalue weighted by Crippen LogP contribution is 2.46. The SMILES string of the molecule is O=C1Nc2nccc(-c3nn([C@@H]4CCNC4)c4c3CCC4)c2[C@H](C(F)(F)F)O1. The highest BCUT2D eigenvalue weighted by atomic mass is 19.4. The molecule has 2 atom stereocenters. The fourth-order valence-corrected chi connectivity index (χ4v) is 4.40. The molecule has 0 saturated carbocycles. The van der Waals surface area contributed by atoms with E-state index in [9.17, 15) is 18.0 Å². The molecule has 5 rings (SSSR count). The molecule has 0 unspecified atom stereocenters. The van der Waals surface area contributed by atoms with Gasteiger partial charge >= 0.3 is 12.3 Å². The van der Waals surface area contributed by atoms with E-state index in [2.05, 4.69) is 20.4 Å². The van der Waals surface area contributed by atoms with Gasteiger partial charge < -0.3 is 10.1 Å². The Morgan fingerprint density at radius 1 is 1.29 bits per heavy atom. The summed E-state index contributed by atoms with van der Waals surface area (Å²) in [4.78, 5) is 15.5. The molecule has 7 nitrogen and oxygen atoms in total. The summed E-state index contributed by atoms with van der Waals surface area (Å²) in [6, 6.07) is 1.73. The van der Waals surface area contributed by atoms with Crippen molar-refractivity contribution in [1.29, 1.82) is 0 Å². The van der Waals surface area contributed by atoms with Crippen LogP contribution in [-0.4, -0.2) is 40.1 Å². The van der Waals surface area contributed by atoms with Crippen LogP contribution in [0.15, 0.2) is 12.3 Å². The van der Waals surface area contributed by atoms with Gasteiger partial charge in [0.15, 0.2) is 0 Å². The van der Waals surface area contributed by atoms with Crippen molar-refractivity contribution in [3.8, 4) is 11.3 Å². The topological polar surface area (TPSA) is 81.1 Å². The minimum absolute atomic E-state index is 0.125. The number of nitrogens with zero attached hydrogens (tertiary/aromatic N) is 3. The van der Waals surface area contributed by atoms with Crippen molar-refractivity contribution in [2.24, 2.45) is 0 Å². The summed E-state index contributed by atoms with van der Waals surface area (Å²) in [6.45, 7) is 1.70. The molecule has 0 spiro atoms. The molecule has 10 heteroatoms. The Labute approximate surface area is 158 Å². The van der Waals surface area contributed by atoms with Gasteiger partial charge in [0.2, 0.25) is 6.10 Å². The number of halogens is 3. The van der Waals surface area contributed by atoms with E-state index in [-0.39, 0.29) is 17.4 Å². The largest absolute Gasteiger partial charge is 0.431 e. The van der Waals surface area contributed by atoms with Gasteiger partial charge in [-0.1, -0.05) is 0 Å². The number of aromatic nitrogens is 3. The number of hydrogen-bond acceptors (Lipinski definition) is 5. The lowest BCUT2D eigenvalue weighted by Gasteiger charge is -2.28. The third-order valence-corrected chi connectivity index (χ3v) is 5.59. The Morgan fingerprint density at radius 2 is 2.14 bits per heavy atom. The fourth-order valence-electron chi connectivity index (χ4n) is 4.40. The van der Waals surface area contributed by atoms with E-state index < -0.39 is 18.4 Å². The number of ether oxygens (including phenoxy) is 1. The first-order valence-corrected chi connectivity index (χ1v) is 9.28. The molecule has 2 aromatic heterocycles. The lowest BCUT2D eigenvalue weighted by Crippen LogP contribution is -2.34. The highest BCUT2D eigenvalue weighted by Gasteiger charge is 2.49. The number of nitrogens with one attached hydrogen (secondary N) is 2. The average molecular weight is 393 g/mol. The molecule has 0 aromatic carbocycles. The van der Waals surface area contributed by atoms with Gasteiger partial charge in [-0.2, -0.15) is 18.3 Å². The van der Waals surface area contributed by atoms with Crippen molar-refractivity contribution in [3.05, 3.63) is 29.1 Å². The molecule has 3 aliphatic rings. The smallest absolute Gasteiger partial charge is 0.430 e. The number of rotatable bonds is 2. The predicted molar refractivity (Wildman–Crippen MR) is 92.9 cm³/mol. The minimum atomic E-state index is -4.74. The van der Waals surface area contributed by atoms with Crippen LogP contribution in [-0.2, 0) is 17.6 Å². The van der Waals surface area contributed by atoms with Crippen LogP contribution in [0.3, 0.4) is 0 Å². The molecule has 1 amide bonds. The number of pyridine rings is 1. The molecule has 1 aliphatic carbocycles. The van der Waals surface area contributed by atoms with Gasteiger partial charge in [0.1, 0.15) is 5.82 Å². The zero-order chi connectivity index (χ0) is 19.5. The average Bonchev–Trinajstić information content (AvgIpc) is 3.37. The number of carbonyl (C=O) groups excluding carboxylic acids is 1. The first-order valence-electron chi connectivity index (χ1n) is 9.28. The molecule has 2 N–H and O–H groups in total. The standard InChI is InChI=1S/C18H18F3N5O2/c19-18(20,21)15-13-11(5-7-23-16(13)24-17(27)28-15)14-10-2-1-3-12(10)26(25-14)9-4-6-22-8-9/h5,7,9,15,22H,1-4,6,8H2,(H,23,24,27)/t9-,15-/m1/s1. The summed E-state index contributed by atoms with van der Waals surface area (Å²) in [5.41, 5.74) is 2.75. The summed E-state index contributed by atoms with van der Waals surface area (Å²) in [6.07, 6.45) is -3.36. The Morgan fingerprint density at radius 3 is 2.89 bits per heavy atom. The van der Waals surface area contributed by atoms with Gasteiger partial charge in [0.25, 0.3) is 0 Å². The number of anilines is 1. The minimum Gasteiger partial charge on any atom is -0.431 e. The van der Waals surface area contributed by atoms with Crippen LogP contribution in [0.2, 0.25) is 0 Å². The third kappa shape index (κ3) is 2.66. The van der Waals surface area contributed by atoms with Gasteiger partial charge in [-0.25, -0.2) is 9.78 Å². The van der Waals surface area contributed by atoms with Gasteiger partial charge in [-0.3, -0.25) is 10.00 Å². The second-order valence-corrected chi connectivity index (χ2v) is 7.29. The van der Waals surface area contributed by atoms with Crippen LogP contribution in [0, 0.1) is 0 Å². The van der Waals surface area contributed by atoms with E-state index in [0.717, 1.165) is 50.0 Å². The highest BCUT2D eigenvalue weighted by molar-refractivity contribution is 5.89. The third-order valence-electron chi connectivity index (χ3n) is 5.59. The number of fused-ring (bicyclic) bond motifs is 2. The summed E-state index contributed by atoms with van der Waals surface area (Å²) in [5, 5.41) is 10.3. The molecule has 28 heavy (non-hydrogen) atoms. The van der Waals surface area contributed by atoms with Crippen LogP contribution in [0.5, 0.6) is 0 Å². The quantitative estimate of drug-likeness (QED) is 0.819. The van der Waals surface area contributed by atoms with E-state index in [4.69, 9.17) is 5.10 Å². The Kier molecular flexibility index (Phi) is 3.87. The Balaban J connectivity index is 1.69. The Bertz CT molecular complexity index is 949. The van der Waals surface area contributed by atoms with E-state index in [0.29, 0.717) is 11.3 Å². The zero-order valence-corrected chi connectivity index (χ0v) is 14.8. The molecule has 0 bridgehead atoms. The van der Waals surface area contributed by atoms with Crippen molar-refractivity contribution in [1.82, 2.24) is 20.1 Å². The van der Waals surface area contributed by atoms with Crippen molar-refractivity contribution >= 4 is 11.9 Å². The van der Waals surface area contributed by atoms with Crippen molar-refractivity contribution in [2.45, 2.75) is 44.0 Å². The first-order chi connectivity index (χ1) is 13.4. The molecule has 2 aliphatic heterocycles. The van der Waals surface area contributed by atoms with Gasteiger partial charge in [-0.15, -0.1) is 0 Å². The fraction of sp³-hybridized carbons (Fsp3) is 0.500. The molecule has 1 saturated heterocycles. The van der Waals surface area contributed by atoms with E-state index in [1.807, 2.05) is 4.68 Å². The number of amides is 1. The number of hydrogen-bond donors (Lipinski definition) is 2. The van der Waals surface area contributed by atoms with Gasteiger partial charge in [-0.05, 0) is 38.3 Å². The maximum atomic E-state index is 13.6. The molecule has 4 heterocycles. The maximum absolute atomic E-state index is 13.6. The summed E-state index contributed by atoms with van der Waals surface area (Å²) >= 11 is 0. The van der Waals surface area contributed by atoms with Crippen LogP contribution in [0.1, 0.15) is 41.8 Å². The molecule has 0 radical (unpaired) electrons. The second-order valence-electron chi connectivity index (χ2n) is 7.29. The lowest BCUT2D eigenvalue weighted by molar-refractivity contribution is -0.206. The molecular formula is C18H18F3N5O2. The summed E-state index contributed by atoms with van der Waals surface area (Å²) in [7, 11) is 0. The Hall–Kier alpha value is -2.62. The summed E-state index contributed by atoms with van der Waals surface area (Å²) < 4.78 is 47.5. The van der Waals surface area contributed by atoms with Crippen molar-refractivity contribution < 1.29 is 22.7 Å². The van der Waals surface area contributed by atoms with Gasteiger partial charge in [0.05, 0.1) is 17.3 Å². The van der Waals surface area contributed by atoms with Crippen molar-refractivity contribution in [2.75, 3.05) is 18.4 Å². The predicted octanol–water partition coefficient (Wildman–Crippen LogP) is 3.13. The van der Waals surface area contributed by atoms with Crippen LogP contribution < -0.4 is 10.6 Å². The molecule has 1 fully saturated rings. The first kappa shape index (κ1) is 17.5. The zero-order valence-electron chi connectivity index (χ0n) is 14.8. The van der Waals surface area contributed by atoms with Crippen molar-refractivity contribution in [3.63, 3.8) is 0 Å². The number of carbonyl (C=O) groups is 1. The lowest BCUT2D eigenvalue weighted by atomic mass is 9.97. The normalized spacial score (nSPS) is 23.9. The monoisotopic (exact) mass is 393 g/mol. The molecule has 2 aromatic rings.